The third kappa shape index (κ3) is 2.92. The molecule has 1 aromatic heterocycles. The maximum atomic E-state index is 12.9. The van der Waals surface area contributed by atoms with Gasteiger partial charge in [-0.05, 0) is 18.9 Å². The highest BCUT2D eigenvalue weighted by Gasteiger charge is 2.52. The minimum Gasteiger partial charge on any atom is -0.474 e. The van der Waals surface area contributed by atoms with Crippen molar-refractivity contribution in [2.75, 3.05) is 19.7 Å². The molecule has 3 heterocycles. The summed E-state index contributed by atoms with van der Waals surface area (Å²) in [6.07, 6.45) is 3.35. The number of pyridine rings is 1. The number of amides is 1. The molecule has 0 bridgehead atoms. The highest BCUT2D eigenvalue weighted by molar-refractivity contribution is 5.81. The molecule has 0 N–H and O–H groups in total. The molecule has 6 heteroatoms. The van der Waals surface area contributed by atoms with Gasteiger partial charge in [0, 0.05) is 31.0 Å². The fourth-order valence-electron chi connectivity index (χ4n) is 3.70. The standard InChI is InChI=1S/C17H21FN2O3/c18-13-7-12(8-13)16(21)20-10-17(11-20)9-14(4-6-22-17)23-15-3-1-2-5-19-15/h1-3,5,12-14H,4,6-11H2/t12?,13?,14-/m1/s1. The maximum Gasteiger partial charge on any atom is 0.226 e. The Bertz CT molecular complexity index is 570. The first-order chi connectivity index (χ1) is 11.1. The molecular formula is C17H21FN2O3. The number of aromatic nitrogens is 1. The number of rotatable bonds is 3. The molecule has 3 fully saturated rings. The zero-order valence-electron chi connectivity index (χ0n) is 13.0. The molecule has 0 unspecified atom stereocenters. The van der Waals surface area contributed by atoms with E-state index in [0.29, 0.717) is 38.4 Å². The van der Waals surface area contributed by atoms with Gasteiger partial charge in [0.15, 0.2) is 0 Å². The Hall–Kier alpha value is -1.69. The van der Waals surface area contributed by atoms with E-state index in [0.717, 1.165) is 12.8 Å². The van der Waals surface area contributed by atoms with Gasteiger partial charge >= 0.3 is 0 Å². The van der Waals surface area contributed by atoms with Gasteiger partial charge in [0.2, 0.25) is 11.8 Å². The predicted octanol–water partition coefficient (Wildman–Crippen LogP) is 1.97. The van der Waals surface area contributed by atoms with E-state index in [1.165, 1.54) is 0 Å². The number of likely N-dealkylation sites (tertiary alicyclic amines) is 1. The minimum atomic E-state index is -0.790. The number of halogens is 1. The first-order valence-corrected chi connectivity index (χ1v) is 8.28. The Morgan fingerprint density at radius 2 is 2.22 bits per heavy atom. The van der Waals surface area contributed by atoms with Crippen LogP contribution in [0.5, 0.6) is 5.88 Å². The van der Waals surface area contributed by atoms with Gasteiger partial charge < -0.3 is 14.4 Å². The summed E-state index contributed by atoms with van der Waals surface area (Å²) in [5.41, 5.74) is -0.285. The third-order valence-electron chi connectivity index (χ3n) is 5.07. The van der Waals surface area contributed by atoms with Crippen molar-refractivity contribution >= 4 is 5.91 Å². The van der Waals surface area contributed by atoms with Gasteiger partial charge in [0.25, 0.3) is 0 Å². The van der Waals surface area contributed by atoms with Gasteiger partial charge in [0.05, 0.1) is 19.7 Å². The fraction of sp³-hybridized carbons (Fsp3) is 0.647. The van der Waals surface area contributed by atoms with Crippen molar-refractivity contribution in [3.63, 3.8) is 0 Å². The lowest BCUT2D eigenvalue weighted by Gasteiger charge is -2.54. The lowest BCUT2D eigenvalue weighted by molar-refractivity contribution is -0.197. The summed E-state index contributed by atoms with van der Waals surface area (Å²) >= 11 is 0. The predicted molar refractivity (Wildman–Crippen MR) is 80.8 cm³/mol. The number of ether oxygens (including phenoxy) is 2. The minimum absolute atomic E-state index is 0.0647. The summed E-state index contributed by atoms with van der Waals surface area (Å²) in [7, 11) is 0. The SMILES string of the molecule is O=C(C1CC(F)C1)N1CC2(C[C@H](Oc3ccccn3)CCO2)C1. The first-order valence-electron chi connectivity index (χ1n) is 8.28. The van der Waals surface area contributed by atoms with Gasteiger partial charge in [-0.25, -0.2) is 9.37 Å². The fourth-order valence-corrected chi connectivity index (χ4v) is 3.70. The molecule has 1 atom stereocenters. The largest absolute Gasteiger partial charge is 0.474 e. The summed E-state index contributed by atoms with van der Waals surface area (Å²) in [4.78, 5) is 18.2. The maximum absolute atomic E-state index is 12.9. The summed E-state index contributed by atoms with van der Waals surface area (Å²) in [5, 5.41) is 0. The average Bonchev–Trinajstić information content (AvgIpc) is 2.50. The highest BCUT2D eigenvalue weighted by atomic mass is 19.1. The van der Waals surface area contributed by atoms with Crippen LogP contribution < -0.4 is 4.74 Å². The molecule has 1 aromatic rings. The molecule has 4 rings (SSSR count). The van der Waals surface area contributed by atoms with E-state index in [1.807, 2.05) is 18.2 Å². The van der Waals surface area contributed by atoms with Crippen LogP contribution in [-0.2, 0) is 9.53 Å². The number of hydrogen-bond acceptors (Lipinski definition) is 4. The Labute approximate surface area is 134 Å². The van der Waals surface area contributed by atoms with E-state index in [1.54, 1.807) is 11.1 Å². The zero-order valence-corrected chi connectivity index (χ0v) is 13.0. The summed E-state index contributed by atoms with van der Waals surface area (Å²) in [6.45, 7) is 1.83. The van der Waals surface area contributed by atoms with Crippen LogP contribution in [0.3, 0.4) is 0 Å². The molecule has 1 amide bonds. The van der Waals surface area contributed by atoms with E-state index in [2.05, 4.69) is 4.98 Å². The number of carbonyl (C=O) groups is 1. The molecule has 23 heavy (non-hydrogen) atoms. The normalized spacial score (nSPS) is 32.0. The van der Waals surface area contributed by atoms with Crippen molar-refractivity contribution in [2.24, 2.45) is 5.92 Å². The molecule has 3 aliphatic rings. The van der Waals surface area contributed by atoms with E-state index < -0.39 is 6.17 Å². The monoisotopic (exact) mass is 320 g/mol. The molecular weight excluding hydrogens is 299 g/mol. The quantitative estimate of drug-likeness (QED) is 0.854. The van der Waals surface area contributed by atoms with Gasteiger partial charge in [-0.3, -0.25) is 4.79 Å². The van der Waals surface area contributed by atoms with Gasteiger partial charge in [-0.2, -0.15) is 0 Å². The van der Waals surface area contributed by atoms with Crippen LogP contribution in [0, 0.1) is 5.92 Å². The lowest BCUT2D eigenvalue weighted by atomic mass is 9.79. The molecule has 1 aliphatic carbocycles. The van der Waals surface area contributed by atoms with Gasteiger partial charge in [-0.15, -0.1) is 0 Å². The number of hydrogen-bond donors (Lipinski definition) is 0. The number of nitrogens with zero attached hydrogens (tertiary/aromatic N) is 2. The molecule has 1 saturated carbocycles. The van der Waals surface area contributed by atoms with Crippen molar-refractivity contribution in [1.29, 1.82) is 0 Å². The summed E-state index contributed by atoms with van der Waals surface area (Å²) in [6, 6.07) is 5.61. The molecule has 5 nitrogen and oxygen atoms in total. The van der Waals surface area contributed by atoms with E-state index in [-0.39, 0.29) is 23.5 Å². The Morgan fingerprint density at radius 1 is 1.39 bits per heavy atom. The van der Waals surface area contributed by atoms with Crippen LogP contribution in [0.1, 0.15) is 25.7 Å². The molecule has 124 valence electrons. The molecule has 2 aliphatic heterocycles. The van der Waals surface area contributed by atoms with E-state index >= 15 is 0 Å². The molecule has 0 radical (unpaired) electrons. The Morgan fingerprint density at radius 3 is 2.91 bits per heavy atom. The zero-order chi connectivity index (χ0) is 15.9. The highest BCUT2D eigenvalue weighted by Crippen LogP contribution is 2.39. The second-order valence-electron chi connectivity index (χ2n) is 6.89. The van der Waals surface area contributed by atoms with Crippen LogP contribution in [0.15, 0.2) is 24.4 Å². The summed E-state index contributed by atoms with van der Waals surface area (Å²) < 4.78 is 24.8. The molecule has 0 aromatic carbocycles. The van der Waals surface area contributed by atoms with E-state index in [4.69, 9.17) is 9.47 Å². The Kier molecular flexibility index (Phi) is 3.71. The second-order valence-corrected chi connectivity index (χ2v) is 6.89. The van der Waals surface area contributed by atoms with Crippen molar-refractivity contribution < 1.29 is 18.7 Å². The van der Waals surface area contributed by atoms with Crippen LogP contribution in [-0.4, -0.2) is 53.4 Å². The number of alkyl halides is 1. The number of carbonyl (C=O) groups excluding carboxylic acids is 1. The van der Waals surface area contributed by atoms with Gasteiger partial charge in [0.1, 0.15) is 17.9 Å². The van der Waals surface area contributed by atoms with Crippen LogP contribution >= 0.6 is 0 Å². The third-order valence-corrected chi connectivity index (χ3v) is 5.07. The second kappa shape index (κ2) is 5.74. The smallest absolute Gasteiger partial charge is 0.226 e. The lowest BCUT2D eigenvalue weighted by Crippen LogP contribution is -2.68. The van der Waals surface area contributed by atoms with Crippen LogP contribution in [0.25, 0.3) is 0 Å². The Balaban J connectivity index is 1.31. The first kappa shape index (κ1) is 14.9. The molecule has 2 saturated heterocycles. The van der Waals surface area contributed by atoms with Gasteiger partial charge in [-0.1, -0.05) is 6.07 Å². The van der Waals surface area contributed by atoms with Crippen LogP contribution in [0.4, 0.5) is 4.39 Å². The molecule has 1 spiro atoms. The van der Waals surface area contributed by atoms with Crippen LogP contribution in [0.2, 0.25) is 0 Å². The summed E-state index contributed by atoms with van der Waals surface area (Å²) in [5.74, 6) is 0.595. The van der Waals surface area contributed by atoms with Crippen molar-refractivity contribution in [1.82, 2.24) is 9.88 Å². The van der Waals surface area contributed by atoms with E-state index in [9.17, 15) is 9.18 Å². The topological polar surface area (TPSA) is 51.7 Å². The van der Waals surface area contributed by atoms with Crippen molar-refractivity contribution in [2.45, 2.75) is 43.6 Å². The van der Waals surface area contributed by atoms with Crippen molar-refractivity contribution in [3.05, 3.63) is 24.4 Å². The average molecular weight is 320 g/mol. The van der Waals surface area contributed by atoms with Crippen molar-refractivity contribution in [3.8, 4) is 5.88 Å².